The molecule has 2 heterocycles. The van der Waals surface area contributed by atoms with Crippen LogP contribution in [0.3, 0.4) is 0 Å². The number of nitrogens with two attached hydrogens (primary N) is 1. The summed E-state index contributed by atoms with van der Waals surface area (Å²) in [6.45, 7) is 0.879. The molecule has 16 heavy (non-hydrogen) atoms. The van der Waals surface area contributed by atoms with Crippen molar-refractivity contribution in [1.82, 2.24) is 4.98 Å². The largest absolute Gasteiger partial charge is 0.399 e. The molecule has 1 fully saturated rings. The number of hydrogen-bond donors (Lipinski definition) is 1. The smallest absolute Gasteiger partial charge is 0.153 e. The third-order valence-corrected chi connectivity index (χ3v) is 4.27. The second kappa shape index (κ2) is 4.10. The van der Waals surface area contributed by atoms with E-state index in [0.29, 0.717) is 29.7 Å². The number of halogens is 1. The van der Waals surface area contributed by atoms with Gasteiger partial charge in [0.25, 0.3) is 0 Å². The Morgan fingerprint density at radius 1 is 1.31 bits per heavy atom. The first kappa shape index (κ1) is 11.5. The van der Waals surface area contributed by atoms with E-state index in [2.05, 4.69) is 4.98 Å². The summed E-state index contributed by atoms with van der Waals surface area (Å²) in [6, 6.07) is 3.26. The molecule has 0 spiro atoms. The summed E-state index contributed by atoms with van der Waals surface area (Å²) in [6.07, 6.45) is 0. The van der Waals surface area contributed by atoms with Gasteiger partial charge in [-0.15, -0.1) is 0 Å². The van der Waals surface area contributed by atoms with E-state index >= 15 is 0 Å². The zero-order valence-electron chi connectivity index (χ0n) is 8.56. The maximum absolute atomic E-state index is 11.3. The predicted octanol–water partition coefficient (Wildman–Crippen LogP) is 0.552. The maximum atomic E-state index is 11.3. The minimum Gasteiger partial charge on any atom is -0.399 e. The van der Waals surface area contributed by atoms with Gasteiger partial charge in [-0.2, -0.15) is 0 Å². The predicted molar refractivity (Wildman–Crippen MR) is 64.5 cm³/mol. The summed E-state index contributed by atoms with van der Waals surface area (Å²) in [7, 11) is -2.88. The molecule has 88 valence electrons. The van der Waals surface area contributed by atoms with Crippen molar-refractivity contribution in [2.75, 3.05) is 35.2 Å². The molecule has 0 aliphatic carbocycles. The second-order valence-electron chi connectivity index (χ2n) is 3.72. The number of anilines is 2. The van der Waals surface area contributed by atoms with Crippen molar-refractivity contribution in [3.63, 3.8) is 0 Å². The molecule has 0 unspecified atom stereocenters. The van der Waals surface area contributed by atoms with Crippen LogP contribution in [0.15, 0.2) is 12.1 Å². The van der Waals surface area contributed by atoms with Crippen molar-refractivity contribution >= 4 is 32.9 Å². The molecule has 5 nitrogen and oxygen atoms in total. The zero-order valence-corrected chi connectivity index (χ0v) is 10.1. The van der Waals surface area contributed by atoms with Crippen LogP contribution in [0.2, 0.25) is 5.15 Å². The van der Waals surface area contributed by atoms with Gasteiger partial charge < -0.3 is 10.6 Å². The number of nitrogens with zero attached hydrogens (tertiary/aromatic N) is 2. The summed E-state index contributed by atoms with van der Waals surface area (Å²) in [5.41, 5.74) is 6.18. The molecule has 0 atom stereocenters. The molecule has 1 aliphatic heterocycles. The van der Waals surface area contributed by atoms with E-state index in [0.717, 1.165) is 0 Å². The Kier molecular flexibility index (Phi) is 2.94. The van der Waals surface area contributed by atoms with Crippen LogP contribution in [0.1, 0.15) is 0 Å². The van der Waals surface area contributed by atoms with Crippen molar-refractivity contribution < 1.29 is 8.42 Å². The van der Waals surface area contributed by atoms with E-state index in [4.69, 9.17) is 17.3 Å². The van der Waals surface area contributed by atoms with Crippen molar-refractivity contribution in [2.45, 2.75) is 0 Å². The van der Waals surface area contributed by atoms with Crippen molar-refractivity contribution in [3.8, 4) is 0 Å². The van der Waals surface area contributed by atoms with Crippen LogP contribution < -0.4 is 10.6 Å². The molecule has 0 saturated carbocycles. The number of rotatable bonds is 1. The minimum atomic E-state index is -2.88. The zero-order chi connectivity index (χ0) is 11.8. The van der Waals surface area contributed by atoms with Gasteiger partial charge in [0.1, 0.15) is 11.0 Å². The van der Waals surface area contributed by atoms with Crippen LogP contribution in [0, 0.1) is 0 Å². The Morgan fingerprint density at radius 3 is 2.50 bits per heavy atom. The summed E-state index contributed by atoms with van der Waals surface area (Å²) >= 11 is 5.79. The highest BCUT2D eigenvalue weighted by molar-refractivity contribution is 7.91. The lowest BCUT2D eigenvalue weighted by Crippen LogP contribution is -2.40. The molecule has 7 heteroatoms. The van der Waals surface area contributed by atoms with E-state index in [9.17, 15) is 8.42 Å². The Labute approximate surface area is 99.1 Å². The maximum Gasteiger partial charge on any atom is 0.153 e. The van der Waals surface area contributed by atoms with Crippen LogP contribution in [-0.2, 0) is 9.84 Å². The van der Waals surface area contributed by atoms with Crippen molar-refractivity contribution in [1.29, 1.82) is 0 Å². The number of sulfone groups is 1. The molecule has 0 radical (unpaired) electrons. The van der Waals surface area contributed by atoms with Gasteiger partial charge in [-0.05, 0) is 6.07 Å². The first-order chi connectivity index (χ1) is 7.46. The fourth-order valence-electron chi connectivity index (χ4n) is 1.61. The third-order valence-electron chi connectivity index (χ3n) is 2.47. The van der Waals surface area contributed by atoms with E-state index in [-0.39, 0.29) is 11.5 Å². The fraction of sp³-hybridized carbons (Fsp3) is 0.444. The van der Waals surface area contributed by atoms with Crippen LogP contribution in [0.5, 0.6) is 0 Å². The Balaban J connectivity index is 2.20. The second-order valence-corrected chi connectivity index (χ2v) is 6.41. The highest BCUT2D eigenvalue weighted by Crippen LogP contribution is 2.21. The standard InChI is InChI=1S/C9H12ClN3O2S/c10-8-5-7(11)6-9(12-8)13-1-3-16(14,15)4-2-13/h5-6H,1-4H2,(H2,11,12). The lowest BCUT2D eigenvalue weighted by atomic mass is 10.3. The molecule has 1 aliphatic rings. The fourth-order valence-corrected chi connectivity index (χ4v) is 3.02. The first-order valence-electron chi connectivity index (χ1n) is 4.85. The van der Waals surface area contributed by atoms with Gasteiger partial charge in [0.05, 0.1) is 11.5 Å². The monoisotopic (exact) mass is 261 g/mol. The first-order valence-corrected chi connectivity index (χ1v) is 7.05. The number of aromatic nitrogens is 1. The molecular weight excluding hydrogens is 250 g/mol. The number of nitrogen functional groups attached to an aromatic ring is 1. The summed E-state index contributed by atoms with van der Waals surface area (Å²) in [4.78, 5) is 6.00. The van der Waals surface area contributed by atoms with Gasteiger partial charge in [-0.3, -0.25) is 0 Å². The third kappa shape index (κ3) is 2.56. The van der Waals surface area contributed by atoms with Crippen LogP contribution in [0.25, 0.3) is 0 Å². The lowest BCUT2D eigenvalue weighted by molar-refractivity contribution is 0.586. The van der Waals surface area contributed by atoms with E-state index in [1.807, 2.05) is 4.90 Å². The Hall–Kier alpha value is -1.01. The van der Waals surface area contributed by atoms with E-state index in [1.54, 1.807) is 12.1 Å². The summed E-state index contributed by atoms with van der Waals surface area (Å²) in [5, 5.41) is 0.323. The molecule has 1 aromatic heterocycles. The van der Waals surface area contributed by atoms with Gasteiger partial charge in [0.15, 0.2) is 9.84 Å². The minimum absolute atomic E-state index is 0.154. The average Bonchev–Trinajstić information content (AvgIpc) is 2.15. The molecule has 0 amide bonds. The topological polar surface area (TPSA) is 76.3 Å². The molecular formula is C9H12ClN3O2S. The molecule has 1 aromatic rings. The molecule has 0 bridgehead atoms. The Morgan fingerprint density at radius 2 is 1.94 bits per heavy atom. The van der Waals surface area contributed by atoms with Crippen LogP contribution in [0.4, 0.5) is 11.5 Å². The van der Waals surface area contributed by atoms with E-state index in [1.165, 1.54) is 0 Å². The van der Waals surface area contributed by atoms with Gasteiger partial charge in [-0.25, -0.2) is 13.4 Å². The van der Waals surface area contributed by atoms with Crippen molar-refractivity contribution in [3.05, 3.63) is 17.3 Å². The van der Waals surface area contributed by atoms with Crippen LogP contribution in [-0.4, -0.2) is 38.0 Å². The molecule has 0 aromatic carbocycles. The molecule has 1 saturated heterocycles. The van der Waals surface area contributed by atoms with Crippen molar-refractivity contribution in [2.24, 2.45) is 0 Å². The van der Waals surface area contributed by atoms with Gasteiger partial charge in [0.2, 0.25) is 0 Å². The highest BCUT2D eigenvalue weighted by atomic mass is 35.5. The lowest BCUT2D eigenvalue weighted by Gasteiger charge is -2.27. The molecule has 2 rings (SSSR count). The highest BCUT2D eigenvalue weighted by Gasteiger charge is 2.22. The van der Waals surface area contributed by atoms with Gasteiger partial charge in [0, 0.05) is 24.8 Å². The van der Waals surface area contributed by atoms with E-state index < -0.39 is 9.84 Å². The summed E-state index contributed by atoms with van der Waals surface area (Å²) < 4.78 is 22.5. The quantitative estimate of drug-likeness (QED) is 0.748. The normalized spacial score (nSPS) is 19.7. The van der Waals surface area contributed by atoms with Crippen LogP contribution >= 0.6 is 11.6 Å². The SMILES string of the molecule is Nc1cc(Cl)nc(N2CCS(=O)(=O)CC2)c1. The number of pyridine rings is 1. The number of hydrogen-bond acceptors (Lipinski definition) is 5. The summed E-state index contributed by atoms with van der Waals surface area (Å²) in [5.74, 6) is 0.947. The van der Waals surface area contributed by atoms with Gasteiger partial charge >= 0.3 is 0 Å². The Bertz CT molecular complexity index is 469. The average molecular weight is 262 g/mol. The van der Waals surface area contributed by atoms with Gasteiger partial charge in [-0.1, -0.05) is 11.6 Å². The molecule has 2 N–H and O–H groups in total.